The van der Waals surface area contributed by atoms with E-state index < -0.39 is 0 Å². The van der Waals surface area contributed by atoms with E-state index in [4.69, 9.17) is 14.7 Å². The highest BCUT2D eigenvalue weighted by atomic mass is 79.9. The second-order valence-corrected chi connectivity index (χ2v) is 6.39. The zero-order valence-corrected chi connectivity index (χ0v) is 15.3. The molecule has 3 aromatic carbocycles. The van der Waals surface area contributed by atoms with Crippen molar-refractivity contribution < 1.29 is 9.47 Å². The molecule has 0 atom stereocenters. The lowest BCUT2D eigenvalue weighted by atomic mass is 10.1. The van der Waals surface area contributed by atoms with Gasteiger partial charge in [0.05, 0.1) is 5.56 Å². The van der Waals surface area contributed by atoms with E-state index in [2.05, 4.69) is 22.0 Å². The standard InChI is InChI=1S/C21H16BrNO2/c1-15-11-17(13-23)18(22)12-21(15)25-20-10-6-5-9-19(20)24-14-16-7-3-2-4-8-16/h2-12H,14H2,1H3. The molecule has 25 heavy (non-hydrogen) atoms. The third kappa shape index (κ3) is 4.20. The summed E-state index contributed by atoms with van der Waals surface area (Å²) in [5.74, 6) is 1.99. The number of nitriles is 1. The van der Waals surface area contributed by atoms with Gasteiger partial charge in [-0.3, -0.25) is 0 Å². The van der Waals surface area contributed by atoms with Crippen molar-refractivity contribution in [3.8, 4) is 23.3 Å². The maximum absolute atomic E-state index is 9.11. The fraction of sp³-hybridized carbons (Fsp3) is 0.0952. The van der Waals surface area contributed by atoms with Gasteiger partial charge in [-0.1, -0.05) is 42.5 Å². The topological polar surface area (TPSA) is 42.2 Å². The lowest BCUT2D eigenvalue weighted by molar-refractivity contribution is 0.291. The Morgan fingerprint density at radius 3 is 2.32 bits per heavy atom. The summed E-state index contributed by atoms with van der Waals surface area (Å²) in [5.41, 5.74) is 2.56. The summed E-state index contributed by atoms with van der Waals surface area (Å²) in [6.07, 6.45) is 0. The van der Waals surface area contributed by atoms with Crippen molar-refractivity contribution in [2.24, 2.45) is 0 Å². The molecular formula is C21H16BrNO2. The molecular weight excluding hydrogens is 378 g/mol. The number of nitrogens with zero attached hydrogens (tertiary/aromatic N) is 1. The van der Waals surface area contributed by atoms with Gasteiger partial charge in [-0.2, -0.15) is 5.26 Å². The van der Waals surface area contributed by atoms with Gasteiger partial charge in [0.25, 0.3) is 0 Å². The number of aryl methyl sites for hydroxylation is 1. The molecule has 0 unspecified atom stereocenters. The molecule has 3 nitrogen and oxygen atoms in total. The molecule has 0 saturated heterocycles. The van der Waals surface area contributed by atoms with Crippen LogP contribution in [0.5, 0.6) is 17.2 Å². The lowest BCUT2D eigenvalue weighted by Gasteiger charge is -2.14. The molecule has 0 aliphatic heterocycles. The second-order valence-electron chi connectivity index (χ2n) is 5.53. The highest BCUT2D eigenvalue weighted by Gasteiger charge is 2.11. The monoisotopic (exact) mass is 393 g/mol. The number of hydrogen-bond acceptors (Lipinski definition) is 3. The first-order valence-corrected chi connectivity index (χ1v) is 8.60. The molecule has 0 saturated carbocycles. The fourth-order valence-corrected chi connectivity index (χ4v) is 2.78. The van der Waals surface area contributed by atoms with Gasteiger partial charge in [0, 0.05) is 4.47 Å². The second kappa shape index (κ2) is 7.87. The Morgan fingerprint density at radius 2 is 1.60 bits per heavy atom. The molecule has 0 aliphatic rings. The number of ether oxygens (including phenoxy) is 2. The highest BCUT2D eigenvalue weighted by Crippen LogP contribution is 2.35. The van der Waals surface area contributed by atoms with E-state index in [-0.39, 0.29) is 0 Å². The van der Waals surface area contributed by atoms with Gasteiger partial charge < -0.3 is 9.47 Å². The third-order valence-corrected chi connectivity index (χ3v) is 4.35. The van der Waals surface area contributed by atoms with Crippen LogP contribution in [0.15, 0.2) is 71.2 Å². The van der Waals surface area contributed by atoms with Gasteiger partial charge >= 0.3 is 0 Å². The molecule has 0 N–H and O–H groups in total. The molecule has 124 valence electrons. The lowest BCUT2D eigenvalue weighted by Crippen LogP contribution is -1.98. The van der Waals surface area contributed by atoms with Crippen molar-refractivity contribution in [2.45, 2.75) is 13.5 Å². The van der Waals surface area contributed by atoms with Gasteiger partial charge in [0.15, 0.2) is 11.5 Å². The van der Waals surface area contributed by atoms with E-state index in [9.17, 15) is 0 Å². The molecule has 3 aromatic rings. The van der Waals surface area contributed by atoms with Crippen LogP contribution in [-0.4, -0.2) is 0 Å². The maximum atomic E-state index is 9.11. The van der Waals surface area contributed by atoms with Crippen LogP contribution in [0, 0.1) is 18.3 Å². The van der Waals surface area contributed by atoms with Gasteiger partial charge in [-0.05, 0) is 58.2 Å². The number of hydrogen-bond donors (Lipinski definition) is 0. The van der Waals surface area contributed by atoms with E-state index >= 15 is 0 Å². The summed E-state index contributed by atoms with van der Waals surface area (Å²) < 4.78 is 12.7. The van der Waals surface area contributed by atoms with Crippen molar-refractivity contribution in [1.82, 2.24) is 0 Å². The van der Waals surface area contributed by atoms with Crippen molar-refractivity contribution in [3.63, 3.8) is 0 Å². The van der Waals surface area contributed by atoms with Crippen molar-refractivity contribution in [3.05, 3.63) is 87.9 Å². The molecule has 0 aliphatic carbocycles. The SMILES string of the molecule is Cc1cc(C#N)c(Br)cc1Oc1ccccc1OCc1ccccc1. The number of rotatable bonds is 5. The summed E-state index contributed by atoms with van der Waals surface area (Å²) in [6.45, 7) is 2.38. The smallest absolute Gasteiger partial charge is 0.169 e. The summed E-state index contributed by atoms with van der Waals surface area (Å²) in [6, 6.07) is 23.3. The molecule has 0 bridgehead atoms. The van der Waals surface area contributed by atoms with Crippen molar-refractivity contribution in [2.75, 3.05) is 0 Å². The first-order chi connectivity index (χ1) is 12.2. The molecule has 0 amide bonds. The average Bonchev–Trinajstić information content (AvgIpc) is 2.64. The Kier molecular flexibility index (Phi) is 5.37. The minimum absolute atomic E-state index is 0.470. The molecule has 0 fully saturated rings. The van der Waals surface area contributed by atoms with Crippen LogP contribution in [0.2, 0.25) is 0 Å². The maximum Gasteiger partial charge on any atom is 0.169 e. The Bertz CT molecular complexity index is 917. The molecule has 0 heterocycles. The zero-order valence-electron chi connectivity index (χ0n) is 13.7. The van der Waals surface area contributed by atoms with E-state index in [1.165, 1.54) is 0 Å². The molecule has 4 heteroatoms. The molecule has 0 radical (unpaired) electrons. The van der Waals surface area contributed by atoms with Crippen LogP contribution in [0.4, 0.5) is 0 Å². The van der Waals surface area contributed by atoms with Crippen LogP contribution >= 0.6 is 15.9 Å². The predicted octanol–water partition coefficient (Wildman–Crippen LogP) is 6.00. The van der Waals surface area contributed by atoms with E-state index in [1.54, 1.807) is 6.07 Å². The van der Waals surface area contributed by atoms with Crippen LogP contribution in [0.1, 0.15) is 16.7 Å². The van der Waals surface area contributed by atoms with E-state index in [0.29, 0.717) is 33.9 Å². The van der Waals surface area contributed by atoms with Gasteiger partial charge in [0.2, 0.25) is 0 Å². The largest absolute Gasteiger partial charge is 0.485 e. The molecule has 0 spiro atoms. The van der Waals surface area contributed by atoms with Crippen molar-refractivity contribution >= 4 is 15.9 Å². The average molecular weight is 394 g/mol. The summed E-state index contributed by atoms with van der Waals surface area (Å²) in [5, 5.41) is 9.11. The molecule has 0 aromatic heterocycles. The quantitative estimate of drug-likeness (QED) is 0.533. The van der Waals surface area contributed by atoms with Crippen LogP contribution in [0.3, 0.4) is 0 Å². The normalized spacial score (nSPS) is 10.1. The predicted molar refractivity (Wildman–Crippen MR) is 101 cm³/mol. The van der Waals surface area contributed by atoms with Crippen LogP contribution < -0.4 is 9.47 Å². The Morgan fingerprint density at radius 1 is 0.920 bits per heavy atom. The Labute approximate surface area is 155 Å². The first-order valence-electron chi connectivity index (χ1n) is 7.81. The molecule has 3 rings (SSSR count). The Balaban J connectivity index is 1.82. The summed E-state index contributed by atoms with van der Waals surface area (Å²) >= 11 is 3.40. The number of halogens is 1. The van der Waals surface area contributed by atoms with Gasteiger partial charge in [0.1, 0.15) is 18.4 Å². The summed E-state index contributed by atoms with van der Waals surface area (Å²) in [7, 11) is 0. The van der Waals surface area contributed by atoms with Gasteiger partial charge in [-0.15, -0.1) is 0 Å². The summed E-state index contributed by atoms with van der Waals surface area (Å²) in [4.78, 5) is 0. The Hall–Kier alpha value is -2.77. The number of benzene rings is 3. The van der Waals surface area contributed by atoms with E-state index in [1.807, 2.05) is 67.6 Å². The van der Waals surface area contributed by atoms with Crippen LogP contribution in [0.25, 0.3) is 0 Å². The fourth-order valence-electron chi connectivity index (χ4n) is 2.37. The van der Waals surface area contributed by atoms with Crippen LogP contribution in [-0.2, 0) is 6.61 Å². The first kappa shape index (κ1) is 17.1. The number of para-hydroxylation sites is 2. The minimum atomic E-state index is 0.470. The van der Waals surface area contributed by atoms with Crippen molar-refractivity contribution in [1.29, 1.82) is 5.26 Å². The van der Waals surface area contributed by atoms with E-state index in [0.717, 1.165) is 11.1 Å². The zero-order chi connectivity index (χ0) is 17.6. The minimum Gasteiger partial charge on any atom is -0.485 e. The third-order valence-electron chi connectivity index (χ3n) is 3.69. The highest BCUT2D eigenvalue weighted by molar-refractivity contribution is 9.10. The van der Waals surface area contributed by atoms with Gasteiger partial charge in [-0.25, -0.2) is 0 Å².